The van der Waals surface area contributed by atoms with E-state index in [1.807, 2.05) is 0 Å². The molecule has 1 heterocycles. The van der Waals surface area contributed by atoms with Gasteiger partial charge in [-0.25, -0.2) is 18.5 Å². The van der Waals surface area contributed by atoms with E-state index < -0.39 is 10.0 Å². The molecular weight excluding hydrogens is 304 g/mol. The van der Waals surface area contributed by atoms with Crippen LogP contribution in [0.2, 0.25) is 0 Å². The molecule has 2 rings (SSSR count). The number of benzene rings is 1. The minimum Gasteiger partial charge on any atom is -0.350 e. The first-order valence-electron chi connectivity index (χ1n) is 6.54. The minimum atomic E-state index is -3.71. The van der Waals surface area contributed by atoms with Crippen LogP contribution in [0, 0.1) is 6.92 Å². The molecule has 0 saturated carbocycles. The highest BCUT2D eigenvalue weighted by atomic mass is 32.2. The van der Waals surface area contributed by atoms with Crippen LogP contribution in [0.25, 0.3) is 0 Å². The van der Waals surface area contributed by atoms with Gasteiger partial charge >= 0.3 is 0 Å². The van der Waals surface area contributed by atoms with Gasteiger partial charge in [-0.05, 0) is 30.5 Å². The Morgan fingerprint density at radius 3 is 2.68 bits per heavy atom. The zero-order valence-electron chi connectivity index (χ0n) is 12.0. The van der Waals surface area contributed by atoms with E-state index >= 15 is 0 Å². The quantitative estimate of drug-likeness (QED) is 0.827. The Hall–Kier alpha value is -2.32. The van der Waals surface area contributed by atoms with Gasteiger partial charge in [-0.15, -0.1) is 0 Å². The van der Waals surface area contributed by atoms with Crippen molar-refractivity contribution in [1.29, 1.82) is 0 Å². The number of aryl methyl sites for hydroxylation is 1. The molecule has 116 valence electrons. The Morgan fingerprint density at radius 2 is 2.09 bits per heavy atom. The van der Waals surface area contributed by atoms with Crippen molar-refractivity contribution >= 4 is 15.9 Å². The lowest BCUT2D eigenvalue weighted by molar-refractivity contribution is 0.0948. The average Bonchev–Trinajstić information content (AvgIpc) is 2.47. The molecule has 22 heavy (non-hydrogen) atoms. The van der Waals surface area contributed by atoms with Crippen molar-refractivity contribution in [3.8, 4) is 0 Å². The molecule has 0 aliphatic heterocycles. The van der Waals surface area contributed by atoms with Crippen molar-refractivity contribution in [1.82, 2.24) is 15.3 Å². The number of amides is 1. The fourth-order valence-electron chi connectivity index (χ4n) is 2.01. The molecule has 0 fully saturated rings. The van der Waals surface area contributed by atoms with Gasteiger partial charge in [0.15, 0.2) is 0 Å². The largest absolute Gasteiger partial charge is 0.350 e. The van der Waals surface area contributed by atoms with Gasteiger partial charge in [0.05, 0.1) is 11.1 Å². The molecule has 0 aliphatic carbocycles. The number of nitrogens with two attached hydrogens (primary N) is 1. The molecule has 0 saturated heterocycles. The van der Waals surface area contributed by atoms with E-state index in [2.05, 4.69) is 15.3 Å². The fraction of sp³-hybridized carbons (Fsp3) is 0.214. The van der Waals surface area contributed by atoms with Gasteiger partial charge in [0.2, 0.25) is 10.0 Å². The van der Waals surface area contributed by atoms with Crippen LogP contribution >= 0.6 is 0 Å². The van der Waals surface area contributed by atoms with Crippen molar-refractivity contribution in [2.75, 3.05) is 6.54 Å². The third-order valence-corrected chi connectivity index (χ3v) is 4.11. The predicted octanol–water partition coefficient (Wildman–Crippen LogP) is 0.405. The van der Waals surface area contributed by atoms with E-state index in [1.54, 1.807) is 19.1 Å². The average molecular weight is 320 g/mol. The van der Waals surface area contributed by atoms with E-state index in [9.17, 15) is 13.2 Å². The van der Waals surface area contributed by atoms with Crippen LogP contribution in [-0.4, -0.2) is 30.8 Å². The van der Waals surface area contributed by atoms with Crippen LogP contribution in [0.5, 0.6) is 0 Å². The summed E-state index contributed by atoms with van der Waals surface area (Å²) in [6.45, 7) is 2.09. The van der Waals surface area contributed by atoms with Crippen LogP contribution in [0.15, 0.2) is 41.7 Å². The normalized spacial score (nSPS) is 11.2. The number of sulfonamides is 1. The molecule has 0 atom stereocenters. The third kappa shape index (κ3) is 4.09. The summed E-state index contributed by atoms with van der Waals surface area (Å²) >= 11 is 0. The molecule has 2 aromatic rings. The Bertz CT molecular complexity index is 776. The van der Waals surface area contributed by atoms with Crippen LogP contribution in [-0.2, 0) is 16.4 Å². The standard InChI is InChI=1S/C14H16N4O3S/c1-10-8-11(2-3-13(10)22(15,20)21)4-5-18-14(19)12-9-16-6-7-17-12/h2-3,6-9H,4-5H2,1H3,(H,18,19)(H2,15,20,21). The number of hydrogen-bond donors (Lipinski definition) is 2. The third-order valence-electron chi connectivity index (χ3n) is 3.04. The second-order valence-corrected chi connectivity index (χ2v) is 6.27. The molecule has 0 spiro atoms. The van der Waals surface area contributed by atoms with Gasteiger partial charge in [-0.1, -0.05) is 12.1 Å². The van der Waals surface area contributed by atoms with Gasteiger partial charge in [-0.3, -0.25) is 9.78 Å². The summed E-state index contributed by atoms with van der Waals surface area (Å²) in [6.07, 6.45) is 4.90. The molecule has 1 amide bonds. The number of nitrogens with one attached hydrogen (secondary N) is 1. The molecule has 1 aromatic carbocycles. The van der Waals surface area contributed by atoms with Crippen LogP contribution < -0.4 is 10.5 Å². The molecule has 0 radical (unpaired) electrons. The smallest absolute Gasteiger partial charge is 0.271 e. The number of carbonyl (C=O) groups is 1. The summed E-state index contributed by atoms with van der Waals surface area (Å²) in [6, 6.07) is 4.90. The Balaban J connectivity index is 1.96. The van der Waals surface area contributed by atoms with Crippen molar-refractivity contribution in [3.63, 3.8) is 0 Å². The highest BCUT2D eigenvalue weighted by Gasteiger charge is 2.11. The van der Waals surface area contributed by atoms with Gasteiger partial charge in [0.25, 0.3) is 5.91 Å². The summed E-state index contributed by atoms with van der Waals surface area (Å²) in [5, 5.41) is 7.84. The molecule has 1 aromatic heterocycles. The maximum absolute atomic E-state index is 11.8. The molecule has 0 unspecified atom stereocenters. The van der Waals surface area contributed by atoms with E-state index in [-0.39, 0.29) is 16.5 Å². The lowest BCUT2D eigenvalue weighted by Crippen LogP contribution is -2.26. The predicted molar refractivity (Wildman–Crippen MR) is 80.6 cm³/mol. The lowest BCUT2D eigenvalue weighted by Gasteiger charge is -2.08. The number of aromatic nitrogens is 2. The van der Waals surface area contributed by atoms with Gasteiger partial charge in [0.1, 0.15) is 5.69 Å². The monoisotopic (exact) mass is 320 g/mol. The molecular formula is C14H16N4O3S. The van der Waals surface area contributed by atoms with Crippen LogP contribution in [0.3, 0.4) is 0 Å². The van der Waals surface area contributed by atoms with E-state index in [4.69, 9.17) is 5.14 Å². The van der Waals surface area contributed by atoms with Crippen LogP contribution in [0.1, 0.15) is 21.6 Å². The van der Waals surface area contributed by atoms with E-state index in [0.717, 1.165) is 5.56 Å². The van der Waals surface area contributed by atoms with E-state index in [1.165, 1.54) is 24.7 Å². The first-order chi connectivity index (χ1) is 10.4. The zero-order valence-corrected chi connectivity index (χ0v) is 12.8. The first kappa shape index (κ1) is 16.1. The summed E-state index contributed by atoms with van der Waals surface area (Å²) < 4.78 is 22.7. The second-order valence-electron chi connectivity index (χ2n) is 4.74. The Kier molecular flexibility index (Phi) is 4.84. The summed E-state index contributed by atoms with van der Waals surface area (Å²) in [5.74, 6) is -0.300. The highest BCUT2D eigenvalue weighted by molar-refractivity contribution is 7.89. The highest BCUT2D eigenvalue weighted by Crippen LogP contribution is 2.15. The van der Waals surface area contributed by atoms with Crippen molar-refractivity contribution in [3.05, 3.63) is 53.6 Å². The van der Waals surface area contributed by atoms with Gasteiger partial charge in [0, 0.05) is 18.9 Å². The summed E-state index contributed by atoms with van der Waals surface area (Å²) in [4.78, 5) is 19.6. The molecule has 7 nitrogen and oxygen atoms in total. The summed E-state index contributed by atoms with van der Waals surface area (Å²) in [5.41, 5.74) is 1.74. The lowest BCUT2D eigenvalue weighted by atomic mass is 10.1. The second kappa shape index (κ2) is 6.63. The Labute approximate surface area is 128 Å². The SMILES string of the molecule is Cc1cc(CCNC(=O)c2cnccn2)ccc1S(N)(=O)=O. The van der Waals surface area contributed by atoms with Gasteiger partial charge in [-0.2, -0.15) is 0 Å². The fourth-order valence-corrected chi connectivity index (χ4v) is 2.78. The Morgan fingerprint density at radius 1 is 1.32 bits per heavy atom. The van der Waals surface area contributed by atoms with Crippen molar-refractivity contribution in [2.24, 2.45) is 5.14 Å². The molecule has 0 aliphatic rings. The van der Waals surface area contributed by atoms with Gasteiger partial charge < -0.3 is 5.32 Å². The number of rotatable bonds is 5. The maximum atomic E-state index is 11.8. The van der Waals surface area contributed by atoms with Crippen LogP contribution in [0.4, 0.5) is 0 Å². The molecule has 0 bridgehead atoms. The number of primary sulfonamides is 1. The zero-order chi connectivity index (χ0) is 16.2. The minimum absolute atomic E-state index is 0.111. The number of carbonyl (C=O) groups excluding carboxylic acids is 1. The summed E-state index contributed by atoms with van der Waals surface area (Å²) in [7, 11) is -3.71. The molecule has 8 heteroatoms. The van der Waals surface area contributed by atoms with E-state index in [0.29, 0.717) is 18.5 Å². The van der Waals surface area contributed by atoms with Crippen molar-refractivity contribution < 1.29 is 13.2 Å². The van der Waals surface area contributed by atoms with Crippen molar-refractivity contribution in [2.45, 2.75) is 18.2 Å². The first-order valence-corrected chi connectivity index (χ1v) is 8.09. The topological polar surface area (TPSA) is 115 Å². The molecule has 3 N–H and O–H groups in total. The number of hydrogen-bond acceptors (Lipinski definition) is 5. The number of nitrogens with zero attached hydrogens (tertiary/aromatic N) is 2. The maximum Gasteiger partial charge on any atom is 0.271 e.